The summed E-state index contributed by atoms with van der Waals surface area (Å²) in [5, 5.41) is 2.82. The van der Waals surface area contributed by atoms with Crippen molar-refractivity contribution >= 4 is 22.6 Å². The molecule has 0 unspecified atom stereocenters. The zero-order valence-corrected chi connectivity index (χ0v) is 15.8. The molecule has 3 heterocycles. The first kappa shape index (κ1) is 17.9. The van der Waals surface area contributed by atoms with Crippen molar-refractivity contribution in [1.29, 1.82) is 0 Å². The topological polar surface area (TPSA) is 81.3 Å². The molecule has 142 valence electrons. The van der Waals surface area contributed by atoms with E-state index in [1.165, 1.54) is 10.6 Å². The third-order valence-electron chi connectivity index (χ3n) is 4.78. The Labute approximate surface area is 161 Å². The fourth-order valence-corrected chi connectivity index (χ4v) is 3.35. The van der Waals surface area contributed by atoms with Gasteiger partial charge in [-0.15, -0.1) is 0 Å². The Morgan fingerprint density at radius 2 is 1.96 bits per heavy atom. The maximum atomic E-state index is 12.6. The molecule has 4 aromatic rings. The quantitative estimate of drug-likeness (QED) is 0.544. The van der Waals surface area contributed by atoms with E-state index in [9.17, 15) is 9.59 Å². The Kier molecular flexibility index (Phi) is 4.65. The molecule has 0 aliphatic heterocycles. The molecular weight excluding hydrogens is 354 g/mol. The molecule has 7 heteroatoms. The Morgan fingerprint density at radius 1 is 1.14 bits per heavy atom. The Hall–Kier alpha value is -3.48. The normalized spacial score (nSPS) is 11.2. The van der Waals surface area contributed by atoms with Crippen molar-refractivity contribution in [1.82, 2.24) is 24.3 Å². The van der Waals surface area contributed by atoms with Crippen molar-refractivity contribution in [2.45, 2.75) is 26.8 Å². The molecule has 7 nitrogen and oxygen atoms in total. The van der Waals surface area contributed by atoms with Crippen molar-refractivity contribution in [3.05, 3.63) is 76.1 Å². The summed E-state index contributed by atoms with van der Waals surface area (Å²) < 4.78 is 3.54. The zero-order valence-electron chi connectivity index (χ0n) is 15.8. The number of aromatic nitrogens is 4. The number of aryl methyl sites for hydroxylation is 3. The lowest BCUT2D eigenvalue weighted by molar-refractivity contribution is 0.0950. The number of hydrogen-bond donors (Lipinski definition) is 1. The van der Waals surface area contributed by atoms with Crippen LogP contribution in [0.4, 0.5) is 0 Å². The van der Waals surface area contributed by atoms with Gasteiger partial charge in [0.15, 0.2) is 0 Å². The average Bonchev–Trinajstić information content (AvgIpc) is 3.01. The van der Waals surface area contributed by atoms with Gasteiger partial charge >= 0.3 is 0 Å². The number of hydrogen-bond acceptors (Lipinski definition) is 4. The number of carbonyl (C=O) groups is 1. The van der Waals surface area contributed by atoms with E-state index in [0.717, 1.165) is 35.4 Å². The summed E-state index contributed by atoms with van der Waals surface area (Å²) in [4.78, 5) is 33.8. The second-order valence-electron chi connectivity index (χ2n) is 6.82. The average molecular weight is 375 g/mol. The molecule has 0 spiro atoms. The van der Waals surface area contributed by atoms with Gasteiger partial charge in [-0.1, -0.05) is 18.2 Å². The molecule has 4 rings (SSSR count). The minimum absolute atomic E-state index is 0.0485. The molecule has 28 heavy (non-hydrogen) atoms. The SMILES string of the molecule is Cc1ccc2ncc(C(=O)NCCCn3c(C)nc4ccccc43)c(=O)n2c1. The fraction of sp³-hybridized carbons (Fsp3) is 0.238. The molecule has 0 aliphatic carbocycles. The van der Waals surface area contributed by atoms with Crippen molar-refractivity contribution in [3.63, 3.8) is 0 Å². The smallest absolute Gasteiger partial charge is 0.270 e. The molecule has 1 amide bonds. The summed E-state index contributed by atoms with van der Waals surface area (Å²) in [6, 6.07) is 11.6. The number of pyridine rings is 1. The van der Waals surface area contributed by atoms with E-state index in [-0.39, 0.29) is 11.1 Å². The van der Waals surface area contributed by atoms with E-state index in [2.05, 4.69) is 19.9 Å². The summed E-state index contributed by atoms with van der Waals surface area (Å²) in [5.41, 5.74) is 3.19. The van der Waals surface area contributed by atoms with Gasteiger partial charge in [0.05, 0.1) is 11.0 Å². The number of para-hydroxylation sites is 2. The number of amides is 1. The summed E-state index contributed by atoms with van der Waals surface area (Å²) in [6.07, 6.45) is 3.76. The van der Waals surface area contributed by atoms with Crippen molar-refractivity contribution in [3.8, 4) is 0 Å². The second kappa shape index (κ2) is 7.26. The summed E-state index contributed by atoms with van der Waals surface area (Å²) in [7, 11) is 0. The van der Waals surface area contributed by atoms with Crippen molar-refractivity contribution < 1.29 is 4.79 Å². The minimum atomic E-state index is -0.402. The van der Waals surface area contributed by atoms with Gasteiger partial charge in [-0.3, -0.25) is 14.0 Å². The standard InChI is InChI=1S/C21H21N5O2/c1-14-8-9-19-23-12-16(21(28)26(19)13-14)20(27)22-10-5-11-25-15(2)24-17-6-3-4-7-18(17)25/h3-4,6-9,12-13H,5,10-11H2,1-2H3,(H,22,27). The molecule has 1 aromatic carbocycles. The highest BCUT2D eigenvalue weighted by atomic mass is 16.2. The van der Waals surface area contributed by atoms with Gasteiger partial charge in [-0.25, -0.2) is 9.97 Å². The van der Waals surface area contributed by atoms with E-state index < -0.39 is 5.91 Å². The van der Waals surface area contributed by atoms with Gasteiger partial charge in [-0.05, 0) is 44.0 Å². The van der Waals surface area contributed by atoms with Crippen LogP contribution in [0.25, 0.3) is 16.7 Å². The van der Waals surface area contributed by atoms with E-state index in [4.69, 9.17) is 0 Å². The largest absolute Gasteiger partial charge is 0.352 e. The Morgan fingerprint density at radius 3 is 2.82 bits per heavy atom. The van der Waals surface area contributed by atoms with E-state index in [0.29, 0.717) is 12.2 Å². The van der Waals surface area contributed by atoms with Gasteiger partial charge in [-0.2, -0.15) is 0 Å². The molecule has 0 aliphatic rings. The van der Waals surface area contributed by atoms with Gasteiger partial charge in [0.2, 0.25) is 0 Å². The first-order valence-electron chi connectivity index (χ1n) is 9.23. The van der Waals surface area contributed by atoms with Crippen LogP contribution in [0.5, 0.6) is 0 Å². The van der Waals surface area contributed by atoms with Crippen LogP contribution in [0.2, 0.25) is 0 Å². The highest BCUT2D eigenvalue weighted by Gasteiger charge is 2.13. The van der Waals surface area contributed by atoms with Gasteiger partial charge in [0.1, 0.15) is 17.0 Å². The number of nitrogens with zero attached hydrogens (tertiary/aromatic N) is 4. The highest BCUT2D eigenvalue weighted by Crippen LogP contribution is 2.15. The first-order valence-corrected chi connectivity index (χ1v) is 9.23. The van der Waals surface area contributed by atoms with Crippen LogP contribution < -0.4 is 10.9 Å². The van der Waals surface area contributed by atoms with Gasteiger partial charge < -0.3 is 9.88 Å². The van der Waals surface area contributed by atoms with Crippen molar-refractivity contribution in [2.75, 3.05) is 6.54 Å². The molecule has 0 atom stereocenters. The lowest BCUT2D eigenvalue weighted by Gasteiger charge is -2.09. The number of carbonyl (C=O) groups excluding carboxylic acids is 1. The zero-order chi connectivity index (χ0) is 19.7. The summed E-state index contributed by atoms with van der Waals surface area (Å²) >= 11 is 0. The molecular formula is C21H21N5O2. The highest BCUT2D eigenvalue weighted by molar-refractivity contribution is 5.93. The minimum Gasteiger partial charge on any atom is -0.352 e. The van der Waals surface area contributed by atoms with Crippen LogP contribution in [-0.4, -0.2) is 31.4 Å². The number of rotatable bonds is 5. The predicted octanol–water partition coefficient (Wildman–Crippen LogP) is 2.48. The molecule has 0 radical (unpaired) electrons. The summed E-state index contributed by atoms with van der Waals surface area (Å²) in [5.74, 6) is 0.542. The fourth-order valence-electron chi connectivity index (χ4n) is 3.35. The van der Waals surface area contributed by atoms with E-state index >= 15 is 0 Å². The van der Waals surface area contributed by atoms with Crippen LogP contribution in [0.3, 0.4) is 0 Å². The lowest BCUT2D eigenvalue weighted by atomic mass is 10.2. The van der Waals surface area contributed by atoms with Crippen LogP contribution in [0.1, 0.15) is 28.2 Å². The maximum Gasteiger partial charge on any atom is 0.270 e. The third kappa shape index (κ3) is 3.26. The molecule has 3 aromatic heterocycles. The molecule has 1 N–H and O–H groups in total. The number of benzene rings is 1. The van der Waals surface area contributed by atoms with Crippen LogP contribution in [-0.2, 0) is 6.54 Å². The first-order chi connectivity index (χ1) is 13.5. The molecule has 0 bridgehead atoms. The Bertz CT molecular complexity index is 1240. The number of nitrogens with one attached hydrogen (secondary N) is 1. The van der Waals surface area contributed by atoms with Crippen LogP contribution >= 0.6 is 0 Å². The summed E-state index contributed by atoms with van der Waals surface area (Å²) in [6.45, 7) is 5.06. The van der Waals surface area contributed by atoms with Crippen LogP contribution in [0, 0.1) is 13.8 Å². The Balaban J connectivity index is 1.43. The second-order valence-corrected chi connectivity index (χ2v) is 6.82. The van der Waals surface area contributed by atoms with E-state index in [1.807, 2.05) is 44.2 Å². The van der Waals surface area contributed by atoms with Crippen LogP contribution in [0.15, 0.2) is 53.6 Å². The molecule has 0 saturated carbocycles. The van der Waals surface area contributed by atoms with E-state index in [1.54, 1.807) is 12.3 Å². The van der Waals surface area contributed by atoms with Crippen molar-refractivity contribution in [2.24, 2.45) is 0 Å². The molecule has 0 saturated heterocycles. The van der Waals surface area contributed by atoms with Gasteiger partial charge in [0.25, 0.3) is 11.5 Å². The maximum absolute atomic E-state index is 12.6. The van der Waals surface area contributed by atoms with Gasteiger partial charge in [0, 0.05) is 25.5 Å². The lowest BCUT2D eigenvalue weighted by Crippen LogP contribution is -2.32. The predicted molar refractivity (Wildman–Crippen MR) is 108 cm³/mol. The molecule has 0 fully saturated rings. The monoisotopic (exact) mass is 375 g/mol. The number of imidazole rings is 1. The number of fused-ring (bicyclic) bond motifs is 2. The third-order valence-corrected chi connectivity index (χ3v) is 4.78.